The average Bonchev–Trinajstić information content (AvgIpc) is 3.29. The van der Waals surface area contributed by atoms with Crippen LogP contribution in [0.25, 0.3) is 10.2 Å². The van der Waals surface area contributed by atoms with Gasteiger partial charge in [-0.25, -0.2) is 4.98 Å². The van der Waals surface area contributed by atoms with Crippen molar-refractivity contribution in [3.05, 3.63) is 47.0 Å². The van der Waals surface area contributed by atoms with Gasteiger partial charge in [-0.1, -0.05) is 29.5 Å². The summed E-state index contributed by atoms with van der Waals surface area (Å²) in [5.41, 5.74) is 4.16. The number of carbonyl (C=O) groups excluding carboxylic acids is 1. The van der Waals surface area contributed by atoms with Crippen molar-refractivity contribution in [3.8, 4) is 11.5 Å². The number of benzene rings is 2. The van der Waals surface area contributed by atoms with E-state index in [4.69, 9.17) is 19.2 Å². The molecule has 0 saturated carbocycles. The Morgan fingerprint density at radius 2 is 1.80 bits per heavy atom. The third kappa shape index (κ3) is 6.44. The van der Waals surface area contributed by atoms with Gasteiger partial charge in [0, 0.05) is 26.2 Å². The Labute approximate surface area is 217 Å². The highest BCUT2D eigenvalue weighted by atomic mass is 35.5. The van der Waals surface area contributed by atoms with Gasteiger partial charge in [0.25, 0.3) is 0 Å². The van der Waals surface area contributed by atoms with Crippen LogP contribution in [0.3, 0.4) is 0 Å². The molecule has 1 amide bonds. The molecule has 2 aromatic carbocycles. The van der Waals surface area contributed by atoms with Crippen LogP contribution in [0.2, 0.25) is 0 Å². The largest absolute Gasteiger partial charge is 0.495 e. The predicted molar refractivity (Wildman–Crippen MR) is 144 cm³/mol. The molecule has 190 valence electrons. The molecule has 7 nitrogen and oxygen atoms in total. The summed E-state index contributed by atoms with van der Waals surface area (Å²) in [6, 6.07) is 9.95. The molecule has 0 bridgehead atoms. The zero-order chi connectivity index (χ0) is 24.1. The Bertz CT molecular complexity index is 1110. The number of ether oxygens (including phenoxy) is 3. The number of fused-ring (bicyclic) bond motifs is 1. The van der Waals surface area contributed by atoms with Crippen LogP contribution < -0.4 is 14.4 Å². The lowest BCUT2D eigenvalue weighted by Crippen LogP contribution is -2.39. The van der Waals surface area contributed by atoms with Gasteiger partial charge in [-0.05, 0) is 49.1 Å². The van der Waals surface area contributed by atoms with Gasteiger partial charge in [0.15, 0.2) is 5.13 Å². The molecule has 2 heterocycles. The van der Waals surface area contributed by atoms with E-state index < -0.39 is 0 Å². The van der Waals surface area contributed by atoms with Crippen molar-refractivity contribution in [1.82, 2.24) is 9.88 Å². The zero-order valence-corrected chi connectivity index (χ0v) is 22.5. The van der Waals surface area contributed by atoms with E-state index in [1.807, 2.05) is 23.1 Å². The fourth-order valence-corrected chi connectivity index (χ4v) is 5.30. The Morgan fingerprint density at radius 1 is 1.09 bits per heavy atom. The van der Waals surface area contributed by atoms with Crippen molar-refractivity contribution < 1.29 is 19.0 Å². The summed E-state index contributed by atoms with van der Waals surface area (Å²) < 4.78 is 17.4. The molecule has 0 atom stereocenters. The minimum absolute atomic E-state index is 0. The monoisotopic (exact) mass is 519 g/mol. The fourth-order valence-electron chi connectivity index (χ4n) is 4.18. The second-order valence-corrected chi connectivity index (χ2v) is 9.57. The number of nitrogens with zero attached hydrogens (tertiary/aromatic N) is 3. The fraction of sp³-hybridized carbons (Fsp3) is 0.462. The topological polar surface area (TPSA) is 64.1 Å². The zero-order valence-electron chi connectivity index (χ0n) is 20.8. The lowest BCUT2D eigenvalue weighted by molar-refractivity contribution is -0.118. The maximum Gasteiger partial charge on any atom is 0.233 e. The summed E-state index contributed by atoms with van der Waals surface area (Å²) in [6.07, 6.45) is 1.20. The van der Waals surface area contributed by atoms with Crippen LogP contribution in [0.5, 0.6) is 11.5 Å². The molecule has 0 spiro atoms. The molecule has 0 radical (unpaired) electrons. The Hall–Kier alpha value is -2.39. The van der Waals surface area contributed by atoms with Crippen LogP contribution in [-0.2, 0) is 16.0 Å². The molecule has 4 rings (SSSR count). The van der Waals surface area contributed by atoms with E-state index >= 15 is 0 Å². The Balaban J connectivity index is 0.00000342. The van der Waals surface area contributed by atoms with E-state index in [1.165, 1.54) is 22.5 Å². The lowest BCUT2D eigenvalue weighted by Gasteiger charge is -2.27. The highest BCUT2D eigenvalue weighted by molar-refractivity contribution is 7.22. The highest BCUT2D eigenvalue weighted by Gasteiger charge is 2.23. The maximum absolute atomic E-state index is 13.6. The van der Waals surface area contributed by atoms with Crippen LogP contribution in [0.15, 0.2) is 30.3 Å². The Kier molecular flexibility index (Phi) is 9.74. The molecule has 9 heteroatoms. The normalized spacial score (nSPS) is 13.9. The van der Waals surface area contributed by atoms with Gasteiger partial charge in [0.05, 0.1) is 33.9 Å². The van der Waals surface area contributed by atoms with Gasteiger partial charge in [-0.2, -0.15) is 0 Å². The van der Waals surface area contributed by atoms with Crippen molar-refractivity contribution in [2.75, 3.05) is 58.5 Å². The van der Waals surface area contributed by atoms with E-state index in [0.29, 0.717) is 23.8 Å². The first-order valence-electron chi connectivity index (χ1n) is 11.7. The number of methoxy groups -OCH3 is 2. The van der Waals surface area contributed by atoms with Gasteiger partial charge >= 0.3 is 0 Å². The van der Waals surface area contributed by atoms with E-state index in [-0.39, 0.29) is 18.3 Å². The number of carbonyl (C=O) groups is 1. The number of aromatic nitrogens is 1. The summed E-state index contributed by atoms with van der Waals surface area (Å²) in [4.78, 5) is 22.6. The third-order valence-corrected chi connectivity index (χ3v) is 7.41. The molecular weight excluding hydrogens is 486 g/mol. The minimum atomic E-state index is 0. The van der Waals surface area contributed by atoms with Crippen molar-refractivity contribution in [2.24, 2.45) is 0 Å². The minimum Gasteiger partial charge on any atom is -0.495 e. The summed E-state index contributed by atoms with van der Waals surface area (Å²) in [6.45, 7) is 9.11. The van der Waals surface area contributed by atoms with Gasteiger partial charge in [-0.15, -0.1) is 12.4 Å². The van der Waals surface area contributed by atoms with Crippen LogP contribution in [-0.4, -0.2) is 69.4 Å². The molecule has 3 aromatic rings. The second-order valence-electron chi connectivity index (χ2n) is 8.59. The van der Waals surface area contributed by atoms with E-state index in [0.717, 1.165) is 60.8 Å². The average molecular weight is 520 g/mol. The van der Waals surface area contributed by atoms with Gasteiger partial charge in [0.1, 0.15) is 21.7 Å². The number of halogens is 1. The molecule has 0 N–H and O–H groups in total. The lowest BCUT2D eigenvalue weighted by atomic mass is 10.0. The summed E-state index contributed by atoms with van der Waals surface area (Å²) in [5, 5.41) is 0.675. The van der Waals surface area contributed by atoms with Crippen LogP contribution in [0.1, 0.15) is 23.1 Å². The molecule has 1 aliphatic heterocycles. The summed E-state index contributed by atoms with van der Waals surface area (Å²) in [7, 11) is 3.27. The number of anilines is 1. The van der Waals surface area contributed by atoms with Gasteiger partial charge in [0.2, 0.25) is 5.91 Å². The first kappa shape index (κ1) is 27.2. The number of aryl methyl sites for hydroxylation is 2. The van der Waals surface area contributed by atoms with Crippen LogP contribution in [0.4, 0.5) is 5.13 Å². The van der Waals surface area contributed by atoms with Gasteiger partial charge in [-0.3, -0.25) is 14.6 Å². The van der Waals surface area contributed by atoms with E-state index in [1.54, 1.807) is 14.2 Å². The standard InChI is InChI=1S/C26H33N3O4S.ClH/c1-18-6-7-20(16-19(18)2)17-23(30)29(11-5-10-28-12-14-33-15-13-28)26-27-24-21(31-3)8-9-22(32-4)25(24)34-26;/h6-9,16H,5,10-15,17H2,1-4H3;1H. The quantitative estimate of drug-likeness (QED) is 0.410. The molecule has 35 heavy (non-hydrogen) atoms. The van der Waals surface area contributed by atoms with Crippen molar-refractivity contribution in [3.63, 3.8) is 0 Å². The molecule has 1 saturated heterocycles. The molecule has 1 aromatic heterocycles. The van der Waals surface area contributed by atoms with Crippen molar-refractivity contribution in [2.45, 2.75) is 26.7 Å². The number of thiazole rings is 1. The van der Waals surface area contributed by atoms with Crippen LogP contribution in [0, 0.1) is 13.8 Å². The first-order chi connectivity index (χ1) is 16.5. The molecular formula is C26H34ClN3O4S. The summed E-state index contributed by atoms with van der Waals surface area (Å²) in [5.74, 6) is 1.45. The van der Waals surface area contributed by atoms with Crippen molar-refractivity contribution >= 4 is 45.0 Å². The number of hydrogen-bond acceptors (Lipinski definition) is 7. The SMILES string of the molecule is COc1ccc(OC)c2sc(N(CCCN3CCOCC3)C(=O)Cc3ccc(C)c(C)c3)nc12.Cl. The van der Waals surface area contributed by atoms with Crippen molar-refractivity contribution in [1.29, 1.82) is 0 Å². The van der Waals surface area contributed by atoms with E-state index in [9.17, 15) is 4.79 Å². The number of hydrogen-bond donors (Lipinski definition) is 0. The second kappa shape index (κ2) is 12.5. The number of rotatable bonds is 9. The number of morpholine rings is 1. The predicted octanol–water partition coefficient (Wildman–Crippen LogP) is 4.65. The highest BCUT2D eigenvalue weighted by Crippen LogP contribution is 2.40. The molecule has 1 fully saturated rings. The Morgan fingerprint density at radius 3 is 2.49 bits per heavy atom. The first-order valence-corrected chi connectivity index (χ1v) is 12.5. The number of amides is 1. The maximum atomic E-state index is 13.6. The molecule has 0 aliphatic carbocycles. The van der Waals surface area contributed by atoms with E-state index in [2.05, 4.69) is 30.9 Å². The third-order valence-electron chi connectivity index (χ3n) is 6.32. The van der Waals surface area contributed by atoms with Gasteiger partial charge < -0.3 is 14.2 Å². The molecule has 1 aliphatic rings. The summed E-state index contributed by atoms with van der Waals surface area (Å²) >= 11 is 1.47. The van der Waals surface area contributed by atoms with Crippen LogP contribution >= 0.6 is 23.7 Å². The molecule has 0 unspecified atom stereocenters. The smallest absolute Gasteiger partial charge is 0.233 e.